The number of anilines is 2. The second kappa shape index (κ2) is 7.61. The molecular formula is C21H18N4O2. The summed E-state index contributed by atoms with van der Waals surface area (Å²) in [4.78, 5) is 4.35. The predicted molar refractivity (Wildman–Crippen MR) is 104 cm³/mol. The van der Waals surface area contributed by atoms with E-state index in [0.29, 0.717) is 18.3 Å². The van der Waals surface area contributed by atoms with Crippen LogP contribution in [0.3, 0.4) is 0 Å². The molecule has 0 aliphatic rings. The fourth-order valence-electron chi connectivity index (χ4n) is 2.58. The van der Waals surface area contributed by atoms with Gasteiger partial charge in [0.1, 0.15) is 12.4 Å². The van der Waals surface area contributed by atoms with Crippen LogP contribution in [0.4, 0.5) is 11.5 Å². The summed E-state index contributed by atoms with van der Waals surface area (Å²) in [5.74, 6) is 1.48. The topological polar surface area (TPSA) is 83.1 Å². The zero-order valence-electron chi connectivity index (χ0n) is 14.5. The van der Waals surface area contributed by atoms with E-state index in [1.807, 2.05) is 48.5 Å². The summed E-state index contributed by atoms with van der Waals surface area (Å²) >= 11 is 0. The van der Waals surface area contributed by atoms with Gasteiger partial charge in [0.2, 0.25) is 5.88 Å². The van der Waals surface area contributed by atoms with E-state index < -0.39 is 0 Å². The minimum absolute atomic E-state index is 0.226. The van der Waals surface area contributed by atoms with Crippen LogP contribution in [0, 0.1) is 0 Å². The van der Waals surface area contributed by atoms with Gasteiger partial charge in [0.05, 0.1) is 5.69 Å². The number of phenols is 1. The van der Waals surface area contributed by atoms with Crippen molar-refractivity contribution in [3.63, 3.8) is 0 Å². The van der Waals surface area contributed by atoms with Gasteiger partial charge in [-0.05, 0) is 35.9 Å². The lowest BCUT2D eigenvalue weighted by Gasteiger charge is -2.05. The summed E-state index contributed by atoms with van der Waals surface area (Å²) in [5.41, 5.74) is 3.70. The average Bonchev–Trinajstić information content (AvgIpc) is 3.18. The van der Waals surface area contributed by atoms with E-state index in [1.165, 1.54) is 0 Å². The van der Waals surface area contributed by atoms with Crippen molar-refractivity contribution in [1.82, 2.24) is 15.2 Å². The minimum atomic E-state index is 0.226. The fraction of sp³-hybridized carbons (Fsp3) is 0.0476. The number of pyridine rings is 1. The molecule has 3 N–H and O–H groups in total. The van der Waals surface area contributed by atoms with Gasteiger partial charge in [-0.3, -0.25) is 5.10 Å². The maximum atomic E-state index is 9.33. The van der Waals surface area contributed by atoms with Crippen molar-refractivity contribution >= 4 is 11.5 Å². The van der Waals surface area contributed by atoms with Crippen molar-refractivity contribution in [3.8, 4) is 22.9 Å². The molecule has 0 atom stereocenters. The Morgan fingerprint density at radius 2 is 1.78 bits per heavy atom. The molecule has 0 saturated carbocycles. The van der Waals surface area contributed by atoms with E-state index in [4.69, 9.17) is 4.74 Å². The van der Waals surface area contributed by atoms with Crippen LogP contribution >= 0.6 is 0 Å². The molecule has 0 radical (unpaired) electrons. The molecule has 2 aromatic carbocycles. The predicted octanol–water partition coefficient (Wildman–Crippen LogP) is 4.50. The Balaban J connectivity index is 1.40. The molecule has 0 saturated heterocycles. The first-order chi connectivity index (χ1) is 13.3. The van der Waals surface area contributed by atoms with Gasteiger partial charge >= 0.3 is 0 Å². The van der Waals surface area contributed by atoms with E-state index in [1.54, 1.807) is 30.5 Å². The zero-order chi connectivity index (χ0) is 18.5. The SMILES string of the molecule is Oc1ccc(Nc2cc(-c3ccc(OCc4ccccc4)nc3)[nH]n2)cc1. The summed E-state index contributed by atoms with van der Waals surface area (Å²) in [7, 11) is 0. The smallest absolute Gasteiger partial charge is 0.213 e. The highest BCUT2D eigenvalue weighted by molar-refractivity contribution is 5.65. The highest BCUT2D eigenvalue weighted by Gasteiger charge is 2.06. The molecular weight excluding hydrogens is 340 g/mol. The van der Waals surface area contributed by atoms with E-state index in [-0.39, 0.29) is 5.75 Å². The van der Waals surface area contributed by atoms with Gasteiger partial charge in [-0.25, -0.2) is 4.98 Å². The number of nitrogens with one attached hydrogen (secondary N) is 2. The number of phenolic OH excluding ortho intramolecular Hbond substituents is 1. The van der Waals surface area contributed by atoms with E-state index in [0.717, 1.165) is 22.5 Å². The highest BCUT2D eigenvalue weighted by Crippen LogP contribution is 2.23. The van der Waals surface area contributed by atoms with Gasteiger partial charge in [0.15, 0.2) is 5.82 Å². The minimum Gasteiger partial charge on any atom is -0.508 e. The maximum Gasteiger partial charge on any atom is 0.213 e. The molecule has 134 valence electrons. The van der Waals surface area contributed by atoms with Crippen molar-refractivity contribution in [3.05, 3.63) is 84.6 Å². The first-order valence-electron chi connectivity index (χ1n) is 8.51. The number of rotatable bonds is 6. The monoisotopic (exact) mass is 358 g/mol. The quantitative estimate of drug-likeness (QED) is 0.442. The Morgan fingerprint density at radius 1 is 0.963 bits per heavy atom. The molecule has 0 spiro atoms. The second-order valence-electron chi connectivity index (χ2n) is 6.00. The first kappa shape index (κ1) is 16.7. The Labute approximate surface area is 156 Å². The van der Waals surface area contributed by atoms with E-state index >= 15 is 0 Å². The summed E-state index contributed by atoms with van der Waals surface area (Å²) in [6.45, 7) is 0.484. The van der Waals surface area contributed by atoms with Crippen LogP contribution in [-0.2, 0) is 6.61 Å². The van der Waals surface area contributed by atoms with E-state index in [9.17, 15) is 5.11 Å². The molecule has 0 aliphatic heterocycles. The van der Waals surface area contributed by atoms with Gasteiger partial charge in [-0.2, -0.15) is 5.10 Å². The molecule has 0 fully saturated rings. The van der Waals surface area contributed by atoms with Crippen LogP contribution in [0.25, 0.3) is 11.3 Å². The lowest BCUT2D eigenvalue weighted by atomic mass is 10.2. The molecule has 0 unspecified atom stereocenters. The molecule has 2 aromatic heterocycles. The van der Waals surface area contributed by atoms with Crippen LogP contribution in [0.1, 0.15) is 5.56 Å². The molecule has 0 amide bonds. The summed E-state index contributed by atoms with van der Waals surface area (Å²) in [6, 6.07) is 22.4. The normalized spacial score (nSPS) is 10.5. The number of ether oxygens (including phenoxy) is 1. The average molecular weight is 358 g/mol. The molecule has 6 nitrogen and oxygen atoms in total. The summed E-state index contributed by atoms with van der Waals surface area (Å²) in [6.07, 6.45) is 1.75. The maximum absolute atomic E-state index is 9.33. The van der Waals surface area contributed by atoms with Gasteiger partial charge < -0.3 is 15.2 Å². The van der Waals surface area contributed by atoms with Crippen molar-refractivity contribution in [1.29, 1.82) is 0 Å². The lowest BCUT2D eigenvalue weighted by molar-refractivity contribution is 0.294. The third-order valence-electron chi connectivity index (χ3n) is 3.99. The number of aromatic hydroxyl groups is 1. The molecule has 6 heteroatoms. The molecule has 0 bridgehead atoms. The number of nitrogens with zero attached hydrogens (tertiary/aromatic N) is 2. The third-order valence-corrected chi connectivity index (χ3v) is 3.99. The largest absolute Gasteiger partial charge is 0.508 e. The fourth-order valence-corrected chi connectivity index (χ4v) is 2.58. The standard InChI is InChI=1S/C21H18N4O2/c26-18-9-7-17(8-10-18)23-20-12-19(24-25-20)16-6-11-21(22-13-16)27-14-15-4-2-1-3-5-15/h1-13,26H,14H2,(H2,23,24,25). The van der Waals surface area contributed by atoms with Crippen molar-refractivity contribution < 1.29 is 9.84 Å². The number of aromatic amines is 1. The van der Waals surface area contributed by atoms with Gasteiger partial charge in [-0.15, -0.1) is 0 Å². The Kier molecular flexibility index (Phi) is 4.70. The Morgan fingerprint density at radius 3 is 2.52 bits per heavy atom. The number of H-pyrrole nitrogens is 1. The Bertz CT molecular complexity index is 997. The summed E-state index contributed by atoms with van der Waals surface area (Å²) < 4.78 is 5.71. The molecule has 27 heavy (non-hydrogen) atoms. The highest BCUT2D eigenvalue weighted by atomic mass is 16.5. The van der Waals surface area contributed by atoms with Crippen molar-refractivity contribution in [2.45, 2.75) is 6.61 Å². The first-order valence-corrected chi connectivity index (χ1v) is 8.51. The molecule has 4 rings (SSSR count). The van der Waals surface area contributed by atoms with Crippen molar-refractivity contribution in [2.24, 2.45) is 0 Å². The third kappa shape index (κ3) is 4.24. The van der Waals surface area contributed by atoms with Crippen LogP contribution in [0.5, 0.6) is 11.6 Å². The molecule has 2 heterocycles. The van der Waals surface area contributed by atoms with Crippen LogP contribution in [-0.4, -0.2) is 20.3 Å². The second-order valence-corrected chi connectivity index (χ2v) is 6.00. The van der Waals surface area contributed by atoms with E-state index in [2.05, 4.69) is 20.5 Å². The van der Waals surface area contributed by atoms with Crippen LogP contribution in [0.15, 0.2) is 79.0 Å². The van der Waals surface area contributed by atoms with Gasteiger partial charge in [0, 0.05) is 29.6 Å². The van der Waals surface area contributed by atoms with Crippen LogP contribution < -0.4 is 10.1 Å². The lowest BCUT2D eigenvalue weighted by Crippen LogP contribution is -1.96. The van der Waals surface area contributed by atoms with Crippen molar-refractivity contribution in [2.75, 3.05) is 5.32 Å². The van der Waals surface area contributed by atoms with Gasteiger partial charge in [0.25, 0.3) is 0 Å². The molecule has 0 aliphatic carbocycles. The summed E-state index contributed by atoms with van der Waals surface area (Å²) in [5, 5.41) is 19.7. The zero-order valence-corrected chi connectivity index (χ0v) is 14.5. The van der Waals surface area contributed by atoms with Gasteiger partial charge in [-0.1, -0.05) is 30.3 Å². The van der Waals surface area contributed by atoms with Crippen LogP contribution in [0.2, 0.25) is 0 Å². The number of hydrogen-bond donors (Lipinski definition) is 3. The number of benzene rings is 2. The molecule has 4 aromatic rings. The Hall–Kier alpha value is -3.80. The number of aromatic nitrogens is 3. The number of hydrogen-bond acceptors (Lipinski definition) is 5.